The quantitative estimate of drug-likeness (QED) is 0.616. The van der Waals surface area contributed by atoms with E-state index in [1.165, 1.54) is 0 Å². The third kappa shape index (κ3) is 3.61. The van der Waals surface area contributed by atoms with Gasteiger partial charge in [-0.25, -0.2) is 4.98 Å². The van der Waals surface area contributed by atoms with Gasteiger partial charge in [0.1, 0.15) is 10.7 Å². The van der Waals surface area contributed by atoms with Crippen LogP contribution in [0.25, 0.3) is 15.9 Å². The zero-order valence-corrected chi connectivity index (χ0v) is 17.1. The van der Waals surface area contributed by atoms with Gasteiger partial charge in [-0.2, -0.15) is 0 Å². The first-order valence-electron chi connectivity index (χ1n) is 8.94. The van der Waals surface area contributed by atoms with Gasteiger partial charge in [0.15, 0.2) is 5.78 Å². The van der Waals surface area contributed by atoms with Crippen LogP contribution in [0.3, 0.4) is 0 Å². The summed E-state index contributed by atoms with van der Waals surface area (Å²) in [6, 6.07) is 15.4. The highest BCUT2D eigenvalue weighted by molar-refractivity contribution is 7.19. The molecular formula is C21H19ClN4OS. The van der Waals surface area contributed by atoms with Crippen molar-refractivity contribution in [2.45, 2.75) is 13.8 Å². The molecule has 0 spiro atoms. The number of hydrogen-bond acceptors (Lipinski definition) is 6. The molecule has 0 saturated carbocycles. The van der Waals surface area contributed by atoms with Gasteiger partial charge in [-0.15, -0.1) is 11.3 Å². The van der Waals surface area contributed by atoms with Crippen LogP contribution in [-0.2, 0) is 4.79 Å². The molecule has 3 aromatic rings. The number of allylic oxidation sites excluding steroid dienone is 1. The third-order valence-corrected chi connectivity index (χ3v) is 5.65. The van der Waals surface area contributed by atoms with Crippen LogP contribution >= 0.6 is 22.9 Å². The number of nitrogens with one attached hydrogen (secondary N) is 2. The fourth-order valence-corrected chi connectivity index (χ4v) is 4.23. The van der Waals surface area contributed by atoms with Crippen LogP contribution in [0.5, 0.6) is 0 Å². The number of Topliss-reactive ketones (excluding diaryl/α,β-unsaturated/α-hetero) is 1. The van der Waals surface area contributed by atoms with Gasteiger partial charge in [0, 0.05) is 23.5 Å². The lowest BCUT2D eigenvalue weighted by atomic mass is 10.0. The van der Waals surface area contributed by atoms with Crippen molar-refractivity contribution in [2.75, 3.05) is 11.9 Å². The fourth-order valence-electron chi connectivity index (χ4n) is 3.07. The predicted molar refractivity (Wildman–Crippen MR) is 116 cm³/mol. The summed E-state index contributed by atoms with van der Waals surface area (Å²) in [4.78, 5) is 17.4. The number of nitrogens with zero attached hydrogens (tertiary/aromatic N) is 2. The molecule has 4 rings (SSSR count). The van der Waals surface area contributed by atoms with Crippen LogP contribution < -0.4 is 10.7 Å². The molecule has 0 bridgehead atoms. The minimum atomic E-state index is -0.0433. The lowest BCUT2D eigenvalue weighted by molar-refractivity contribution is -0.113. The molecule has 2 heterocycles. The van der Waals surface area contributed by atoms with Crippen molar-refractivity contribution in [2.24, 2.45) is 0 Å². The molecule has 28 heavy (non-hydrogen) atoms. The number of carbonyl (C=O) groups is 1. The molecule has 1 aromatic heterocycles. The molecule has 0 fully saturated rings. The highest BCUT2D eigenvalue weighted by Crippen LogP contribution is 2.33. The Labute approximate surface area is 172 Å². The number of para-hydroxylation sites is 1. The maximum atomic E-state index is 12.6. The van der Waals surface area contributed by atoms with E-state index in [2.05, 4.69) is 10.7 Å². The number of ketones is 1. The van der Waals surface area contributed by atoms with Crippen LogP contribution in [0.15, 0.2) is 66.0 Å². The van der Waals surface area contributed by atoms with Gasteiger partial charge in [-0.3, -0.25) is 15.2 Å². The van der Waals surface area contributed by atoms with E-state index in [0.29, 0.717) is 22.0 Å². The van der Waals surface area contributed by atoms with Gasteiger partial charge in [0.2, 0.25) is 0 Å². The van der Waals surface area contributed by atoms with Crippen molar-refractivity contribution < 1.29 is 4.79 Å². The van der Waals surface area contributed by atoms with Crippen molar-refractivity contribution in [3.05, 3.63) is 76.0 Å². The summed E-state index contributed by atoms with van der Waals surface area (Å²) in [5, 5.41) is 6.69. The molecule has 7 heteroatoms. The minimum absolute atomic E-state index is 0.0433. The summed E-state index contributed by atoms with van der Waals surface area (Å²) in [5.74, 6) is -0.0433. The van der Waals surface area contributed by atoms with Crippen molar-refractivity contribution in [1.29, 1.82) is 0 Å². The van der Waals surface area contributed by atoms with Crippen molar-refractivity contribution in [3.8, 4) is 0 Å². The summed E-state index contributed by atoms with van der Waals surface area (Å²) in [5.41, 5.74) is 7.07. The van der Waals surface area contributed by atoms with Crippen LogP contribution in [-0.4, -0.2) is 22.3 Å². The molecule has 0 unspecified atom stereocenters. The summed E-state index contributed by atoms with van der Waals surface area (Å²) >= 11 is 7.68. The zero-order valence-electron chi connectivity index (χ0n) is 15.5. The number of hydrogen-bond donors (Lipinski definition) is 2. The van der Waals surface area contributed by atoms with Gasteiger partial charge in [0.05, 0.1) is 21.5 Å². The molecule has 1 aliphatic rings. The van der Waals surface area contributed by atoms with Crippen molar-refractivity contribution in [3.63, 3.8) is 0 Å². The predicted octanol–water partition coefficient (Wildman–Crippen LogP) is 5.04. The van der Waals surface area contributed by atoms with E-state index in [0.717, 1.165) is 27.5 Å². The standard InChI is InChI=1S/C21H19ClN4OS/c1-3-26-12-17(23-15-8-6-7-14(22)11-15)19(13(2)27)20(25-26)21-24-16-9-4-5-10-18(16)28-21/h4-12,23,25H,3H2,1-2H3. The largest absolute Gasteiger partial charge is 0.354 e. The number of aromatic nitrogens is 1. The van der Waals surface area contributed by atoms with Crippen molar-refractivity contribution >= 4 is 50.3 Å². The molecule has 2 aromatic carbocycles. The van der Waals surface area contributed by atoms with Gasteiger partial charge < -0.3 is 5.32 Å². The highest BCUT2D eigenvalue weighted by Gasteiger charge is 2.26. The van der Waals surface area contributed by atoms with E-state index in [1.807, 2.05) is 66.7 Å². The van der Waals surface area contributed by atoms with E-state index < -0.39 is 0 Å². The molecule has 2 N–H and O–H groups in total. The molecule has 1 aliphatic heterocycles. The Hall–Kier alpha value is -2.83. The summed E-state index contributed by atoms with van der Waals surface area (Å²) in [6.07, 6.45) is 1.90. The fraction of sp³-hybridized carbons (Fsp3) is 0.143. The number of hydrazine groups is 1. The van der Waals surface area contributed by atoms with Gasteiger partial charge >= 0.3 is 0 Å². The number of anilines is 1. The van der Waals surface area contributed by atoms with Crippen LogP contribution in [0.1, 0.15) is 18.9 Å². The summed E-state index contributed by atoms with van der Waals surface area (Å²) < 4.78 is 1.08. The first-order chi connectivity index (χ1) is 13.5. The maximum Gasteiger partial charge on any atom is 0.164 e. The number of rotatable bonds is 5. The molecule has 0 amide bonds. The van der Waals surface area contributed by atoms with Crippen LogP contribution in [0, 0.1) is 0 Å². The monoisotopic (exact) mass is 410 g/mol. The average Bonchev–Trinajstić information content (AvgIpc) is 3.11. The molecule has 0 saturated heterocycles. The maximum absolute atomic E-state index is 12.6. The van der Waals surface area contributed by atoms with Gasteiger partial charge in [0.25, 0.3) is 0 Å². The first-order valence-corrected chi connectivity index (χ1v) is 10.1. The molecule has 0 atom stereocenters. The Bertz CT molecular complexity index is 1090. The van der Waals surface area contributed by atoms with E-state index in [1.54, 1.807) is 18.3 Å². The number of benzene rings is 2. The Balaban J connectivity index is 1.83. The van der Waals surface area contributed by atoms with E-state index in [9.17, 15) is 4.79 Å². The third-order valence-electron chi connectivity index (χ3n) is 4.36. The molecule has 142 valence electrons. The Morgan fingerprint density at radius 3 is 2.79 bits per heavy atom. The smallest absolute Gasteiger partial charge is 0.164 e. The number of carbonyl (C=O) groups excluding carboxylic acids is 1. The summed E-state index contributed by atoms with van der Waals surface area (Å²) in [7, 11) is 0. The lowest BCUT2D eigenvalue weighted by Crippen LogP contribution is -2.38. The zero-order chi connectivity index (χ0) is 19.7. The van der Waals surface area contributed by atoms with Gasteiger partial charge in [-0.05, 0) is 44.2 Å². The molecule has 0 radical (unpaired) electrons. The Morgan fingerprint density at radius 2 is 2.07 bits per heavy atom. The lowest BCUT2D eigenvalue weighted by Gasteiger charge is -2.30. The number of thiazole rings is 1. The number of halogens is 1. The van der Waals surface area contributed by atoms with Crippen LogP contribution in [0.4, 0.5) is 5.69 Å². The average molecular weight is 411 g/mol. The molecular weight excluding hydrogens is 392 g/mol. The first kappa shape index (κ1) is 18.5. The second-order valence-electron chi connectivity index (χ2n) is 6.37. The SMILES string of the molecule is CCN1C=C(Nc2cccc(Cl)c2)C(C(C)=O)=C(c2nc3ccccc3s2)N1. The Morgan fingerprint density at radius 1 is 1.25 bits per heavy atom. The van der Waals surface area contributed by atoms with E-state index >= 15 is 0 Å². The highest BCUT2D eigenvalue weighted by atomic mass is 35.5. The molecule has 0 aliphatic carbocycles. The molecule has 5 nitrogen and oxygen atoms in total. The normalized spacial score (nSPS) is 14.1. The van der Waals surface area contributed by atoms with Crippen molar-refractivity contribution in [1.82, 2.24) is 15.4 Å². The van der Waals surface area contributed by atoms with Gasteiger partial charge in [-0.1, -0.05) is 29.8 Å². The topological polar surface area (TPSA) is 57.3 Å². The van der Waals surface area contributed by atoms with E-state index in [-0.39, 0.29) is 5.78 Å². The second-order valence-corrected chi connectivity index (χ2v) is 7.84. The number of fused-ring (bicyclic) bond motifs is 1. The van der Waals surface area contributed by atoms with E-state index in [4.69, 9.17) is 16.6 Å². The minimum Gasteiger partial charge on any atom is -0.354 e. The van der Waals surface area contributed by atoms with Crippen LogP contribution in [0.2, 0.25) is 5.02 Å². The second kappa shape index (κ2) is 7.66. The summed E-state index contributed by atoms with van der Waals surface area (Å²) in [6.45, 7) is 4.33. The Kier molecular flexibility index (Phi) is 5.07.